The van der Waals surface area contributed by atoms with E-state index < -0.39 is 0 Å². The molecule has 2 N–H and O–H groups in total. The van der Waals surface area contributed by atoms with Gasteiger partial charge in [-0.05, 0) is 18.6 Å². The number of phenols is 1. The first kappa shape index (κ1) is 13.2. The summed E-state index contributed by atoms with van der Waals surface area (Å²) < 4.78 is 10.8. The number of fused-ring (bicyclic) bond motifs is 1. The summed E-state index contributed by atoms with van der Waals surface area (Å²) in [5.41, 5.74) is 1.12. The minimum atomic E-state index is 0.187. The van der Waals surface area contributed by atoms with Crippen LogP contribution in [0.2, 0.25) is 0 Å². The van der Waals surface area contributed by atoms with Gasteiger partial charge in [-0.25, -0.2) is 0 Å². The van der Waals surface area contributed by atoms with E-state index in [2.05, 4.69) is 12.2 Å². The van der Waals surface area contributed by atoms with E-state index in [1.807, 2.05) is 6.07 Å². The molecule has 1 aliphatic heterocycles. The topological polar surface area (TPSA) is 50.7 Å². The van der Waals surface area contributed by atoms with Crippen LogP contribution in [-0.4, -0.2) is 31.5 Å². The number of nitrogens with one attached hydrogen (secondary N) is 1. The first-order valence-corrected chi connectivity index (χ1v) is 6.45. The van der Waals surface area contributed by atoms with E-state index in [4.69, 9.17) is 9.47 Å². The van der Waals surface area contributed by atoms with Crippen molar-refractivity contribution < 1.29 is 14.6 Å². The third kappa shape index (κ3) is 2.94. The molecule has 0 bridgehead atoms. The van der Waals surface area contributed by atoms with Crippen molar-refractivity contribution in [2.45, 2.75) is 31.8 Å². The zero-order valence-corrected chi connectivity index (χ0v) is 11.0. The van der Waals surface area contributed by atoms with Gasteiger partial charge in [0.1, 0.15) is 18.1 Å². The smallest absolute Gasteiger partial charge is 0.127 e. The van der Waals surface area contributed by atoms with Crippen molar-refractivity contribution in [1.29, 1.82) is 0 Å². The highest BCUT2D eigenvalue weighted by Gasteiger charge is 2.26. The number of ether oxygens (including phenoxy) is 2. The quantitative estimate of drug-likeness (QED) is 0.814. The Bertz CT molecular complexity index is 389. The molecule has 4 nitrogen and oxygen atoms in total. The molecular weight excluding hydrogens is 230 g/mol. The monoisotopic (exact) mass is 251 g/mol. The van der Waals surface area contributed by atoms with Gasteiger partial charge in [0.2, 0.25) is 0 Å². The van der Waals surface area contributed by atoms with Crippen LogP contribution in [-0.2, 0) is 4.74 Å². The molecule has 0 aromatic heterocycles. The van der Waals surface area contributed by atoms with Crippen LogP contribution in [0.15, 0.2) is 18.2 Å². The van der Waals surface area contributed by atoms with E-state index in [0.717, 1.165) is 24.2 Å². The van der Waals surface area contributed by atoms with Crippen LogP contribution in [0.3, 0.4) is 0 Å². The van der Waals surface area contributed by atoms with Crippen LogP contribution in [0.25, 0.3) is 0 Å². The number of rotatable bonds is 6. The minimum absolute atomic E-state index is 0.187. The molecule has 1 aromatic rings. The van der Waals surface area contributed by atoms with E-state index in [-0.39, 0.29) is 11.8 Å². The molecular formula is C14H21NO3. The summed E-state index contributed by atoms with van der Waals surface area (Å²) in [5, 5.41) is 13.0. The molecule has 1 heterocycles. The minimum Gasteiger partial charge on any atom is -0.508 e. The maximum atomic E-state index is 9.41. The Labute approximate surface area is 108 Å². The fraction of sp³-hybridized carbons (Fsp3) is 0.571. The standard InChI is InChI=1S/C14H21NO3/c1-3-4-10(8-17-2)15-13-9-18-14-7-11(16)5-6-12(13)14/h5-7,10,13,15-16H,3-4,8-9H2,1-2H3. The Hall–Kier alpha value is -1.26. The highest BCUT2D eigenvalue weighted by molar-refractivity contribution is 5.44. The predicted molar refractivity (Wildman–Crippen MR) is 70.1 cm³/mol. The zero-order valence-electron chi connectivity index (χ0n) is 11.0. The Morgan fingerprint density at radius 2 is 2.39 bits per heavy atom. The van der Waals surface area contributed by atoms with Crippen molar-refractivity contribution in [3.8, 4) is 11.5 Å². The van der Waals surface area contributed by atoms with Gasteiger partial charge in [0.05, 0.1) is 12.6 Å². The molecule has 2 atom stereocenters. The van der Waals surface area contributed by atoms with E-state index in [1.165, 1.54) is 0 Å². The summed E-state index contributed by atoms with van der Waals surface area (Å²) in [5.74, 6) is 1.02. The van der Waals surface area contributed by atoms with Crippen molar-refractivity contribution >= 4 is 0 Å². The number of aromatic hydroxyl groups is 1. The normalized spacial score (nSPS) is 19.3. The summed E-state index contributed by atoms with van der Waals surface area (Å²) in [7, 11) is 1.72. The largest absolute Gasteiger partial charge is 0.508 e. The van der Waals surface area contributed by atoms with Crippen molar-refractivity contribution in [3.05, 3.63) is 23.8 Å². The lowest BCUT2D eigenvalue weighted by Crippen LogP contribution is -2.36. The molecule has 2 rings (SSSR count). The molecule has 0 fully saturated rings. The van der Waals surface area contributed by atoms with E-state index in [0.29, 0.717) is 19.3 Å². The molecule has 18 heavy (non-hydrogen) atoms. The van der Waals surface area contributed by atoms with Gasteiger partial charge in [0.25, 0.3) is 0 Å². The third-order valence-electron chi connectivity index (χ3n) is 3.22. The second-order valence-corrected chi connectivity index (χ2v) is 4.69. The first-order valence-electron chi connectivity index (χ1n) is 6.45. The highest BCUT2D eigenvalue weighted by Crippen LogP contribution is 2.35. The average Bonchev–Trinajstić information content (AvgIpc) is 2.72. The van der Waals surface area contributed by atoms with Gasteiger partial charge in [-0.15, -0.1) is 0 Å². The molecule has 0 saturated heterocycles. The van der Waals surface area contributed by atoms with Crippen molar-refractivity contribution in [1.82, 2.24) is 5.32 Å². The van der Waals surface area contributed by atoms with Crippen LogP contribution < -0.4 is 10.1 Å². The number of methoxy groups -OCH3 is 1. The second kappa shape index (κ2) is 6.07. The SMILES string of the molecule is CCCC(COC)NC1COc2cc(O)ccc21. The molecule has 1 aliphatic rings. The molecule has 100 valence electrons. The first-order chi connectivity index (χ1) is 8.74. The second-order valence-electron chi connectivity index (χ2n) is 4.69. The highest BCUT2D eigenvalue weighted by atomic mass is 16.5. The molecule has 1 aromatic carbocycles. The number of phenolic OH excluding ortho intramolecular Hbond substituents is 1. The van der Waals surface area contributed by atoms with Gasteiger partial charge in [0.15, 0.2) is 0 Å². The molecule has 0 spiro atoms. The lowest BCUT2D eigenvalue weighted by molar-refractivity contribution is 0.152. The Kier molecular flexibility index (Phi) is 4.44. The van der Waals surface area contributed by atoms with Crippen LogP contribution >= 0.6 is 0 Å². The summed E-state index contributed by atoms with van der Waals surface area (Å²) >= 11 is 0. The van der Waals surface area contributed by atoms with Gasteiger partial charge in [-0.1, -0.05) is 13.3 Å². The van der Waals surface area contributed by atoms with Crippen LogP contribution in [0.5, 0.6) is 11.5 Å². The van der Waals surface area contributed by atoms with E-state index in [9.17, 15) is 5.11 Å². The summed E-state index contributed by atoms with van der Waals surface area (Å²) in [6.45, 7) is 3.49. The van der Waals surface area contributed by atoms with Crippen LogP contribution in [0.1, 0.15) is 31.4 Å². The lowest BCUT2D eigenvalue weighted by Gasteiger charge is -2.21. The zero-order chi connectivity index (χ0) is 13.0. The molecule has 0 amide bonds. The van der Waals surface area contributed by atoms with Gasteiger partial charge in [0, 0.05) is 24.8 Å². The van der Waals surface area contributed by atoms with Crippen LogP contribution in [0, 0.1) is 0 Å². The van der Waals surface area contributed by atoms with Gasteiger partial charge >= 0.3 is 0 Å². The summed E-state index contributed by atoms with van der Waals surface area (Å²) in [4.78, 5) is 0. The average molecular weight is 251 g/mol. The summed E-state index contributed by atoms with van der Waals surface area (Å²) in [6, 6.07) is 5.82. The lowest BCUT2D eigenvalue weighted by atomic mass is 10.1. The van der Waals surface area contributed by atoms with Crippen LogP contribution in [0.4, 0.5) is 0 Å². The number of hydrogen-bond acceptors (Lipinski definition) is 4. The maximum absolute atomic E-state index is 9.41. The summed E-state index contributed by atoms with van der Waals surface area (Å²) in [6.07, 6.45) is 2.20. The fourth-order valence-electron chi connectivity index (χ4n) is 2.39. The van der Waals surface area contributed by atoms with Gasteiger partial charge < -0.3 is 19.9 Å². The number of hydrogen-bond donors (Lipinski definition) is 2. The van der Waals surface area contributed by atoms with Gasteiger partial charge in [-0.2, -0.15) is 0 Å². The number of benzene rings is 1. The van der Waals surface area contributed by atoms with E-state index in [1.54, 1.807) is 19.2 Å². The maximum Gasteiger partial charge on any atom is 0.127 e. The molecule has 0 saturated carbocycles. The van der Waals surface area contributed by atoms with Crippen molar-refractivity contribution in [2.24, 2.45) is 0 Å². The van der Waals surface area contributed by atoms with E-state index >= 15 is 0 Å². The molecule has 0 radical (unpaired) electrons. The Morgan fingerprint density at radius 1 is 1.56 bits per heavy atom. The Morgan fingerprint density at radius 3 is 3.11 bits per heavy atom. The van der Waals surface area contributed by atoms with Gasteiger partial charge in [-0.3, -0.25) is 0 Å². The van der Waals surface area contributed by atoms with Crippen molar-refractivity contribution in [3.63, 3.8) is 0 Å². The Balaban J connectivity index is 2.03. The third-order valence-corrected chi connectivity index (χ3v) is 3.22. The predicted octanol–water partition coefficient (Wildman–Crippen LogP) is 2.23. The molecule has 0 aliphatic carbocycles. The molecule has 2 unspecified atom stereocenters. The fourth-order valence-corrected chi connectivity index (χ4v) is 2.39. The molecule has 4 heteroatoms. The van der Waals surface area contributed by atoms with Crippen molar-refractivity contribution in [2.75, 3.05) is 20.3 Å².